The van der Waals surface area contributed by atoms with Gasteiger partial charge in [0.1, 0.15) is 17.3 Å². The predicted molar refractivity (Wildman–Crippen MR) is 86.0 cm³/mol. The first kappa shape index (κ1) is 16.8. The number of nitrogens with one attached hydrogen (secondary N) is 1. The van der Waals surface area contributed by atoms with Crippen molar-refractivity contribution >= 4 is 23.2 Å². The van der Waals surface area contributed by atoms with Crippen molar-refractivity contribution in [3.63, 3.8) is 0 Å². The molecular formula is C15H18ClFN4O3. The zero-order valence-corrected chi connectivity index (χ0v) is 14.3. The van der Waals surface area contributed by atoms with Crippen molar-refractivity contribution in [3.8, 4) is 0 Å². The highest BCUT2D eigenvalue weighted by molar-refractivity contribution is 6.33. The van der Waals surface area contributed by atoms with Gasteiger partial charge in [-0.15, -0.1) is 0 Å². The maximum atomic E-state index is 13.9. The third kappa shape index (κ3) is 3.10. The number of H-pyrrole nitrogens is 1. The molecule has 3 rings (SSSR count). The third-order valence-corrected chi connectivity index (χ3v) is 3.99. The van der Waals surface area contributed by atoms with E-state index in [1.807, 2.05) is 0 Å². The van der Waals surface area contributed by atoms with Gasteiger partial charge in [0.25, 0.3) is 5.56 Å². The van der Waals surface area contributed by atoms with Gasteiger partial charge in [-0.3, -0.25) is 9.69 Å². The van der Waals surface area contributed by atoms with E-state index >= 15 is 0 Å². The van der Waals surface area contributed by atoms with Gasteiger partial charge in [-0.1, -0.05) is 11.6 Å². The van der Waals surface area contributed by atoms with Crippen LogP contribution in [0.15, 0.2) is 17.1 Å². The minimum atomic E-state index is -1.21. The average molecular weight is 357 g/mol. The largest absolute Gasteiger partial charge is 0.444 e. The van der Waals surface area contributed by atoms with Gasteiger partial charge in [-0.2, -0.15) is 5.10 Å². The molecule has 130 valence electrons. The van der Waals surface area contributed by atoms with E-state index in [9.17, 15) is 14.0 Å². The monoisotopic (exact) mass is 356 g/mol. The van der Waals surface area contributed by atoms with Crippen LogP contribution in [0, 0.1) is 0 Å². The van der Waals surface area contributed by atoms with Crippen LogP contribution in [0.2, 0.25) is 5.02 Å². The molecule has 9 heteroatoms. The summed E-state index contributed by atoms with van der Waals surface area (Å²) in [6.07, 6.45) is -0.267. The molecule has 3 heterocycles. The zero-order valence-electron chi connectivity index (χ0n) is 13.5. The average Bonchev–Trinajstić information content (AvgIpc) is 3.01. The molecule has 1 fully saturated rings. The molecule has 0 radical (unpaired) electrons. The second kappa shape index (κ2) is 5.77. The molecule has 7 nitrogen and oxygen atoms in total. The lowest BCUT2D eigenvalue weighted by Gasteiger charge is -2.27. The summed E-state index contributed by atoms with van der Waals surface area (Å²) in [4.78, 5) is 28.4. The van der Waals surface area contributed by atoms with E-state index in [1.54, 1.807) is 26.8 Å². The predicted octanol–water partition coefficient (Wildman–Crippen LogP) is 2.70. The van der Waals surface area contributed by atoms with Crippen molar-refractivity contribution in [2.75, 3.05) is 6.54 Å². The number of carbonyl (C=O) groups is 1. The Kier molecular flexibility index (Phi) is 4.03. The van der Waals surface area contributed by atoms with E-state index in [1.165, 1.54) is 15.6 Å². The number of halogens is 2. The Hall–Kier alpha value is -2.09. The summed E-state index contributed by atoms with van der Waals surface area (Å²) in [6, 6.07) is 0.842. The molecule has 0 bridgehead atoms. The van der Waals surface area contributed by atoms with Gasteiger partial charge in [-0.05, 0) is 26.8 Å². The quantitative estimate of drug-likeness (QED) is 0.852. The smallest absolute Gasteiger partial charge is 0.411 e. The van der Waals surface area contributed by atoms with E-state index in [2.05, 4.69) is 10.1 Å². The van der Waals surface area contributed by atoms with Crippen LogP contribution in [0.25, 0.3) is 5.52 Å². The number of carbonyl (C=O) groups excluding carboxylic acids is 1. The summed E-state index contributed by atoms with van der Waals surface area (Å²) in [5, 5.41) is 4.54. The maximum Gasteiger partial charge on any atom is 0.411 e. The van der Waals surface area contributed by atoms with Gasteiger partial charge in [0, 0.05) is 12.6 Å². The number of ether oxygens (including phenoxy) is 1. The van der Waals surface area contributed by atoms with E-state index in [4.69, 9.17) is 16.3 Å². The van der Waals surface area contributed by atoms with Crippen LogP contribution in [0.5, 0.6) is 0 Å². The highest BCUT2D eigenvalue weighted by Gasteiger charge is 2.40. The standard InChI is InChI=1S/C15H18ClFN4O3/c1-15(2,3)24-14(23)20-7-8(17)6-10(20)12-18-13(22)11-9(16)4-5-21(11)19-12/h4-5,8,10H,6-7H2,1-3H3,(H,18,19,22)/t8-,10-/m0/s1. The highest BCUT2D eigenvalue weighted by atomic mass is 35.5. The molecule has 1 saturated heterocycles. The zero-order chi connectivity index (χ0) is 17.6. The lowest BCUT2D eigenvalue weighted by Crippen LogP contribution is -2.38. The van der Waals surface area contributed by atoms with Crippen molar-refractivity contribution in [2.24, 2.45) is 0 Å². The minimum absolute atomic E-state index is 0.0443. The summed E-state index contributed by atoms with van der Waals surface area (Å²) in [6.45, 7) is 5.10. The fourth-order valence-electron chi connectivity index (χ4n) is 2.73. The van der Waals surface area contributed by atoms with Crippen molar-refractivity contribution in [1.82, 2.24) is 19.5 Å². The van der Waals surface area contributed by atoms with Crippen LogP contribution < -0.4 is 5.56 Å². The first-order valence-corrected chi connectivity index (χ1v) is 7.94. The van der Waals surface area contributed by atoms with Crippen molar-refractivity contribution in [1.29, 1.82) is 0 Å². The van der Waals surface area contributed by atoms with Gasteiger partial charge in [0.05, 0.1) is 17.6 Å². The topological polar surface area (TPSA) is 79.7 Å². The molecule has 1 amide bonds. The summed E-state index contributed by atoms with van der Waals surface area (Å²) in [7, 11) is 0. The molecule has 1 aliphatic rings. The summed E-state index contributed by atoms with van der Waals surface area (Å²) >= 11 is 5.94. The van der Waals surface area contributed by atoms with Crippen LogP contribution in [-0.4, -0.2) is 43.9 Å². The Labute approximate surface area is 142 Å². The number of alkyl halides is 1. The van der Waals surface area contributed by atoms with Gasteiger partial charge in [0.2, 0.25) is 0 Å². The summed E-state index contributed by atoms with van der Waals surface area (Å²) in [5.74, 6) is 0.200. The molecule has 0 spiro atoms. The van der Waals surface area contributed by atoms with E-state index in [0.717, 1.165) is 0 Å². The number of aromatic amines is 1. The first-order valence-electron chi connectivity index (χ1n) is 7.56. The fraction of sp³-hybridized carbons (Fsp3) is 0.533. The van der Waals surface area contributed by atoms with E-state index < -0.39 is 29.5 Å². The molecule has 0 aliphatic carbocycles. The normalized spacial score (nSPS) is 21.5. The van der Waals surface area contributed by atoms with Gasteiger partial charge < -0.3 is 9.72 Å². The van der Waals surface area contributed by atoms with E-state index in [0.29, 0.717) is 0 Å². The van der Waals surface area contributed by atoms with Gasteiger partial charge in [-0.25, -0.2) is 13.7 Å². The molecule has 0 unspecified atom stereocenters. The van der Waals surface area contributed by atoms with Crippen LogP contribution in [-0.2, 0) is 4.74 Å². The van der Waals surface area contributed by atoms with Gasteiger partial charge >= 0.3 is 6.09 Å². The minimum Gasteiger partial charge on any atom is -0.444 e. The van der Waals surface area contributed by atoms with Crippen LogP contribution >= 0.6 is 11.6 Å². The molecule has 2 atom stereocenters. The van der Waals surface area contributed by atoms with E-state index in [-0.39, 0.29) is 29.3 Å². The number of likely N-dealkylation sites (tertiary alicyclic amines) is 1. The summed E-state index contributed by atoms with van der Waals surface area (Å²) < 4.78 is 20.6. The van der Waals surface area contributed by atoms with Crippen LogP contribution in [0.3, 0.4) is 0 Å². The van der Waals surface area contributed by atoms with Gasteiger partial charge in [0.15, 0.2) is 5.82 Å². The first-order chi connectivity index (χ1) is 11.2. The SMILES string of the molecule is CC(C)(C)OC(=O)N1C[C@@H](F)C[C@H]1c1nn2ccc(Cl)c2c(=O)[nH]1. The molecule has 2 aromatic heterocycles. The van der Waals surface area contributed by atoms with Crippen LogP contribution in [0.4, 0.5) is 9.18 Å². The number of nitrogens with zero attached hydrogens (tertiary/aromatic N) is 3. The van der Waals surface area contributed by atoms with Crippen molar-refractivity contribution in [3.05, 3.63) is 33.5 Å². The number of rotatable bonds is 1. The summed E-state index contributed by atoms with van der Waals surface area (Å²) in [5.41, 5.74) is -0.935. The lowest BCUT2D eigenvalue weighted by atomic mass is 10.2. The van der Waals surface area contributed by atoms with Crippen molar-refractivity contribution < 1.29 is 13.9 Å². The lowest BCUT2D eigenvalue weighted by molar-refractivity contribution is 0.0209. The molecule has 2 aromatic rings. The number of aromatic nitrogens is 3. The number of fused-ring (bicyclic) bond motifs is 1. The Balaban J connectivity index is 1.97. The van der Waals surface area contributed by atoms with Crippen molar-refractivity contribution in [2.45, 2.75) is 45.0 Å². The molecule has 0 aromatic carbocycles. The Morgan fingerprint density at radius 3 is 2.88 bits per heavy atom. The van der Waals surface area contributed by atoms with Crippen LogP contribution in [0.1, 0.15) is 39.1 Å². The Morgan fingerprint density at radius 1 is 1.50 bits per heavy atom. The molecular weight excluding hydrogens is 339 g/mol. The molecule has 0 saturated carbocycles. The molecule has 1 aliphatic heterocycles. The number of hydrogen-bond acceptors (Lipinski definition) is 4. The molecule has 24 heavy (non-hydrogen) atoms. The highest BCUT2D eigenvalue weighted by Crippen LogP contribution is 2.32. The number of amides is 1. The second-order valence-corrected chi connectivity index (χ2v) is 7.18. The fourth-order valence-corrected chi connectivity index (χ4v) is 2.96. The molecule has 1 N–H and O–H groups in total. The third-order valence-electron chi connectivity index (χ3n) is 3.68. The maximum absolute atomic E-state index is 13.9. The second-order valence-electron chi connectivity index (χ2n) is 6.78. The Morgan fingerprint density at radius 2 is 2.21 bits per heavy atom. The Bertz CT molecular complexity index is 841. The number of hydrogen-bond donors (Lipinski definition) is 1.